The van der Waals surface area contributed by atoms with Gasteiger partial charge in [-0.2, -0.15) is 0 Å². The van der Waals surface area contributed by atoms with Crippen molar-refractivity contribution >= 4 is 5.91 Å². The van der Waals surface area contributed by atoms with Crippen LogP contribution >= 0.6 is 0 Å². The molecule has 1 aliphatic heterocycles. The molecule has 0 aromatic heterocycles. The van der Waals surface area contributed by atoms with Crippen LogP contribution < -0.4 is 10.6 Å². The SMILES string of the molecule is CC(C(=O)NCC1CCCN1)c1ccccc1. The molecule has 2 atom stereocenters. The average molecular weight is 232 g/mol. The van der Waals surface area contributed by atoms with Crippen LogP contribution in [0.4, 0.5) is 0 Å². The Bertz CT molecular complexity index is 358. The van der Waals surface area contributed by atoms with Gasteiger partial charge in [0.1, 0.15) is 0 Å². The third-order valence-corrected chi connectivity index (χ3v) is 3.38. The van der Waals surface area contributed by atoms with Gasteiger partial charge in [0.05, 0.1) is 5.92 Å². The third-order valence-electron chi connectivity index (χ3n) is 3.38. The van der Waals surface area contributed by atoms with Crippen LogP contribution in [0, 0.1) is 0 Å². The molecule has 1 aromatic rings. The molecule has 0 aliphatic carbocycles. The number of rotatable bonds is 4. The molecule has 0 bridgehead atoms. The van der Waals surface area contributed by atoms with Crippen molar-refractivity contribution in [2.75, 3.05) is 13.1 Å². The highest BCUT2D eigenvalue weighted by atomic mass is 16.1. The molecular weight excluding hydrogens is 212 g/mol. The standard InChI is InChI=1S/C14H20N2O/c1-11(12-6-3-2-4-7-12)14(17)16-10-13-8-5-9-15-13/h2-4,6-7,11,13,15H,5,8-10H2,1H3,(H,16,17). The molecule has 1 aromatic carbocycles. The van der Waals surface area contributed by atoms with Gasteiger partial charge in [0.25, 0.3) is 0 Å². The van der Waals surface area contributed by atoms with Crippen LogP contribution in [0.15, 0.2) is 30.3 Å². The smallest absolute Gasteiger partial charge is 0.227 e. The predicted octanol–water partition coefficient (Wildman–Crippen LogP) is 1.66. The first-order valence-corrected chi connectivity index (χ1v) is 6.33. The molecular formula is C14H20N2O. The number of carbonyl (C=O) groups excluding carboxylic acids is 1. The summed E-state index contributed by atoms with van der Waals surface area (Å²) in [5.41, 5.74) is 1.07. The Kier molecular flexibility index (Phi) is 4.15. The highest BCUT2D eigenvalue weighted by molar-refractivity contribution is 5.83. The number of benzene rings is 1. The van der Waals surface area contributed by atoms with Gasteiger partial charge in [-0.15, -0.1) is 0 Å². The lowest BCUT2D eigenvalue weighted by atomic mass is 10.0. The van der Waals surface area contributed by atoms with Gasteiger partial charge in [-0.1, -0.05) is 30.3 Å². The Labute approximate surface area is 103 Å². The van der Waals surface area contributed by atoms with E-state index in [4.69, 9.17) is 0 Å². The molecule has 3 heteroatoms. The average Bonchev–Trinajstić information content (AvgIpc) is 2.89. The maximum atomic E-state index is 12.0. The number of nitrogens with one attached hydrogen (secondary N) is 2. The lowest BCUT2D eigenvalue weighted by molar-refractivity contribution is -0.122. The van der Waals surface area contributed by atoms with E-state index >= 15 is 0 Å². The van der Waals surface area contributed by atoms with Crippen molar-refractivity contribution in [1.82, 2.24) is 10.6 Å². The second kappa shape index (κ2) is 5.82. The van der Waals surface area contributed by atoms with Crippen LogP contribution in [0.2, 0.25) is 0 Å². The summed E-state index contributed by atoms with van der Waals surface area (Å²) in [7, 11) is 0. The van der Waals surface area contributed by atoms with E-state index in [0.717, 1.165) is 18.7 Å². The first kappa shape index (κ1) is 12.1. The number of hydrogen-bond donors (Lipinski definition) is 2. The second-order valence-corrected chi connectivity index (χ2v) is 4.67. The summed E-state index contributed by atoms with van der Waals surface area (Å²) in [6, 6.07) is 10.4. The minimum Gasteiger partial charge on any atom is -0.354 e. The summed E-state index contributed by atoms with van der Waals surface area (Å²) >= 11 is 0. The molecule has 92 valence electrons. The van der Waals surface area contributed by atoms with Gasteiger partial charge in [0.2, 0.25) is 5.91 Å². The van der Waals surface area contributed by atoms with Gasteiger partial charge in [-0.3, -0.25) is 4.79 Å². The molecule has 1 heterocycles. The summed E-state index contributed by atoms with van der Waals surface area (Å²) in [5, 5.41) is 6.40. The monoisotopic (exact) mass is 232 g/mol. The Morgan fingerprint density at radius 3 is 2.88 bits per heavy atom. The van der Waals surface area contributed by atoms with Gasteiger partial charge >= 0.3 is 0 Å². The van der Waals surface area contributed by atoms with Crippen molar-refractivity contribution < 1.29 is 4.79 Å². The van der Waals surface area contributed by atoms with Crippen molar-refractivity contribution in [3.8, 4) is 0 Å². The molecule has 0 saturated carbocycles. The van der Waals surface area contributed by atoms with Crippen molar-refractivity contribution in [3.63, 3.8) is 0 Å². The molecule has 2 N–H and O–H groups in total. The van der Waals surface area contributed by atoms with E-state index in [9.17, 15) is 4.79 Å². The van der Waals surface area contributed by atoms with Crippen LogP contribution in [0.3, 0.4) is 0 Å². The van der Waals surface area contributed by atoms with E-state index < -0.39 is 0 Å². The molecule has 17 heavy (non-hydrogen) atoms. The summed E-state index contributed by atoms with van der Waals surface area (Å²) in [6.45, 7) is 3.78. The first-order chi connectivity index (χ1) is 8.27. The Hall–Kier alpha value is -1.35. The van der Waals surface area contributed by atoms with E-state index in [1.807, 2.05) is 37.3 Å². The normalized spacial score (nSPS) is 21.1. The number of carbonyl (C=O) groups is 1. The molecule has 2 rings (SSSR count). The zero-order valence-electron chi connectivity index (χ0n) is 10.3. The molecule has 3 nitrogen and oxygen atoms in total. The van der Waals surface area contributed by atoms with Crippen molar-refractivity contribution in [1.29, 1.82) is 0 Å². The summed E-state index contributed by atoms with van der Waals surface area (Å²) in [4.78, 5) is 12.0. The minimum absolute atomic E-state index is 0.0717. The maximum absolute atomic E-state index is 12.0. The van der Waals surface area contributed by atoms with Crippen molar-refractivity contribution in [2.45, 2.75) is 31.7 Å². The Balaban J connectivity index is 1.83. The van der Waals surface area contributed by atoms with E-state index in [1.54, 1.807) is 0 Å². The van der Waals surface area contributed by atoms with Crippen LogP contribution in [-0.2, 0) is 4.79 Å². The molecule has 2 unspecified atom stereocenters. The first-order valence-electron chi connectivity index (χ1n) is 6.33. The summed E-state index contributed by atoms with van der Waals surface area (Å²) in [6.07, 6.45) is 2.38. The fraction of sp³-hybridized carbons (Fsp3) is 0.500. The van der Waals surface area contributed by atoms with Gasteiger partial charge in [-0.25, -0.2) is 0 Å². The quantitative estimate of drug-likeness (QED) is 0.829. The second-order valence-electron chi connectivity index (χ2n) is 4.67. The molecule has 1 fully saturated rings. The molecule has 1 aliphatic rings. The predicted molar refractivity (Wildman–Crippen MR) is 68.9 cm³/mol. The Morgan fingerprint density at radius 2 is 2.24 bits per heavy atom. The lowest BCUT2D eigenvalue weighted by Gasteiger charge is -2.15. The van der Waals surface area contributed by atoms with Gasteiger partial charge in [-0.05, 0) is 31.9 Å². The van der Waals surface area contributed by atoms with E-state index in [-0.39, 0.29) is 11.8 Å². The van der Waals surface area contributed by atoms with Crippen LogP contribution in [0.25, 0.3) is 0 Å². The van der Waals surface area contributed by atoms with Crippen molar-refractivity contribution in [3.05, 3.63) is 35.9 Å². The van der Waals surface area contributed by atoms with Crippen LogP contribution in [0.1, 0.15) is 31.2 Å². The zero-order valence-corrected chi connectivity index (χ0v) is 10.3. The van der Waals surface area contributed by atoms with E-state index in [0.29, 0.717) is 6.04 Å². The van der Waals surface area contributed by atoms with Crippen LogP contribution in [-0.4, -0.2) is 25.0 Å². The summed E-state index contributed by atoms with van der Waals surface area (Å²) in [5.74, 6) is 0.0440. The zero-order chi connectivity index (χ0) is 12.1. The van der Waals surface area contributed by atoms with Gasteiger partial charge < -0.3 is 10.6 Å². The highest BCUT2D eigenvalue weighted by Gasteiger charge is 2.18. The Morgan fingerprint density at radius 1 is 1.47 bits per heavy atom. The van der Waals surface area contributed by atoms with Gasteiger partial charge in [0, 0.05) is 12.6 Å². The third kappa shape index (κ3) is 3.30. The fourth-order valence-corrected chi connectivity index (χ4v) is 2.20. The summed E-state index contributed by atoms with van der Waals surface area (Å²) < 4.78 is 0. The minimum atomic E-state index is -0.0717. The maximum Gasteiger partial charge on any atom is 0.227 e. The van der Waals surface area contributed by atoms with Gasteiger partial charge in [0.15, 0.2) is 0 Å². The fourth-order valence-electron chi connectivity index (χ4n) is 2.20. The largest absolute Gasteiger partial charge is 0.354 e. The number of amides is 1. The van der Waals surface area contributed by atoms with E-state index in [1.165, 1.54) is 12.8 Å². The van der Waals surface area contributed by atoms with Crippen LogP contribution in [0.5, 0.6) is 0 Å². The molecule has 0 radical (unpaired) electrons. The molecule has 1 amide bonds. The lowest BCUT2D eigenvalue weighted by Crippen LogP contribution is -2.38. The number of hydrogen-bond acceptors (Lipinski definition) is 2. The van der Waals surface area contributed by atoms with E-state index in [2.05, 4.69) is 10.6 Å². The highest BCUT2D eigenvalue weighted by Crippen LogP contribution is 2.14. The van der Waals surface area contributed by atoms with Crippen molar-refractivity contribution in [2.24, 2.45) is 0 Å². The molecule has 1 saturated heterocycles. The molecule has 0 spiro atoms. The topological polar surface area (TPSA) is 41.1 Å².